The summed E-state index contributed by atoms with van der Waals surface area (Å²) in [6.45, 7) is 21.8. The van der Waals surface area contributed by atoms with Crippen molar-refractivity contribution in [3.05, 3.63) is 60.2 Å². The summed E-state index contributed by atoms with van der Waals surface area (Å²) in [7, 11) is -4.24. The second-order valence-electron chi connectivity index (χ2n) is 10.3. The number of rotatable bonds is 7. The maximum atomic E-state index is 7.21. The van der Waals surface area contributed by atoms with Gasteiger partial charge in [0, 0.05) is 0 Å². The van der Waals surface area contributed by atoms with E-state index in [9.17, 15) is 0 Å². The van der Waals surface area contributed by atoms with Gasteiger partial charge in [-0.3, -0.25) is 0 Å². The van der Waals surface area contributed by atoms with Crippen molar-refractivity contribution in [1.29, 1.82) is 0 Å². The predicted octanol–water partition coefficient (Wildman–Crippen LogP) is 6.64. The van der Waals surface area contributed by atoms with Gasteiger partial charge in [-0.05, 0) is 45.0 Å². The monoisotopic (exact) mass is 439 g/mol. The molecule has 2 aromatic rings. The Morgan fingerprint density at radius 1 is 0.567 bits per heavy atom. The van der Waals surface area contributed by atoms with Gasteiger partial charge >= 0.3 is 0 Å². The molecule has 1 atom stereocenters. The summed E-state index contributed by atoms with van der Waals surface area (Å²) in [4.78, 5) is 7.21. The molecule has 1 heterocycles. The van der Waals surface area contributed by atoms with Gasteiger partial charge in [-0.15, -0.1) is 0 Å². The van der Waals surface area contributed by atoms with Gasteiger partial charge in [0.25, 0.3) is 0 Å². The molecule has 4 heteroatoms. The summed E-state index contributed by atoms with van der Waals surface area (Å²) >= 11 is 0. The van der Waals surface area contributed by atoms with Crippen LogP contribution in [0.5, 0.6) is 0 Å². The third kappa shape index (κ3) is 3.27. The molecule has 30 heavy (non-hydrogen) atoms. The maximum Gasteiger partial charge on any atom is 0.186 e. The molecule has 1 aliphatic rings. The van der Waals surface area contributed by atoms with Crippen LogP contribution in [0.15, 0.2) is 54.6 Å². The Labute approximate surface area is 186 Å². The molecule has 0 aliphatic carbocycles. The van der Waals surface area contributed by atoms with Crippen LogP contribution in [0.25, 0.3) is 0 Å². The average molecular weight is 440 g/mol. The molecule has 3 rings (SSSR count). The first-order valence-corrected chi connectivity index (χ1v) is 15.9. The van der Waals surface area contributed by atoms with Crippen molar-refractivity contribution in [1.82, 2.24) is 4.39 Å². The van der Waals surface area contributed by atoms with Crippen molar-refractivity contribution in [2.45, 2.75) is 90.6 Å². The Balaban J connectivity index is 2.30. The van der Waals surface area contributed by atoms with Crippen molar-refractivity contribution >= 4 is 26.8 Å². The van der Waals surface area contributed by atoms with Gasteiger partial charge in [-0.2, -0.15) is 0 Å². The fourth-order valence-electron chi connectivity index (χ4n) is 6.34. The van der Waals surface area contributed by atoms with Crippen LogP contribution in [0.4, 0.5) is 0 Å². The largest absolute Gasteiger partial charge is 0.304 e. The maximum absolute atomic E-state index is 7.21. The van der Waals surface area contributed by atoms with E-state index in [1.165, 1.54) is 5.56 Å². The van der Waals surface area contributed by atoms with E-state index in [2.05, 4.69) is 121 Å². The van der Waals surface area contributed by atoms with Crippen molar-refractivity contribution in [3.8, 4) is 0 Å². The van der Waals surface area contributed by atoms with Crippen LogP contribution in [0.1, 0.15) is 74.0 Å². The summed E-state index contributed by atoms with van der Waals surface area (Å²) in [5.74, 6) is 0. The summed E-state index contributed by atoms with van der Waals surface area (Å²) in [6.07, 6.45) is 0.0502. The van der Waals surface area contributed by atoms with Crippen molar-refractivity contribution < 1.29 is 4.84 Å². The quantitative estimate of drug-likeness (QED) is 0.448. The highest BCUT2D eigenvalue weighted by Gasteiger charge is 2.67. The number of hydrogen-bond donors (Lipinski definition) is 0. The zero-order valence-corrected chi connectivity index (χ0v) is 22.4. The van der Waals surface area contributed by atoms with Crippen LogP contribution >= 0.6 is 0 Å². The van der Waals surface area contributed by atoms with Gasteiger partial charge in [0.15, 0.2) is 16.5 Å². The van der Waals surface area contributed by atoms with E-state index in [0.717, 1.165) is 0 Å². The third-order valence-corrected chi connectivity index (χ3v) is 21.2. The zero-order chi connectivity index (χ0) is 22.3. The van der Waals surface area contributed by atoms with Gasteiger partial charge in [0.2, 0.25) is 0 Å². The van der Waals surface area contributed by atoms with Crippen molar-refractivity contribution in [2.75, 3.05) is 0 Å². The molecule has 0 spiro atoms. The highest BCUT2D eigenvalue weighted by molar-refractivity contribution is 7.13. The summed E-state index contributed by atoms with van der Waals surface area (Å²) in [5, 5.41) is 3.29. The topological polar surface area (TPSA) is 12.5 Å². The minimum absolute atomic E-state index is 0.0502. The normalized spacial score (nSPS) is 19.1. The SMILES string of the molecule is CC(ON1[Si](C(C)C)(C(C)C)c2ccccc2[Si]1(C(C)C)C(C)C)c1ccccc1. The lowest BCUT2D eigenvalue weighted by molar-refractivity contribution is -0.0890. The Bertz CT molecular complexity index is 784. The molecule has 1 unspecified atom stereocenters. The standard InChI is InChI=1S/C26H41NOSi2/c1-19(2)29(20(3)4)25-17-13-14-18-26(25)30(21(5)6,22(7)8)27(29)28-23(9)24-15-11-10-12-16-24/h10-23H,1-9H3. The van der Waals surface area contributed by atoms with Crippen molar-refractivity contribution in [2.24, 2.45) is 0 Å². The van der Waals surface area contributed by atoms with E-state index in [-0.39, 0.29) is 6.10 Å². The summed E-state index contributed by atoms with van der Waals surface area (Å²) in [6, 6.07) is 20.2. The highest BCUT2D eigenvalue weighted by Crippen LogP contribution is 2.49. The lowest BCUT2D eigenvalue weighted by atomic mass is 10.1. The number of nitrogens with zero attached hydrogens (tertiary/aromatic N) is 1. The van der Waals surface area contributed by atoms with Crippen LogP contribution in [-0.2, 0) is 4.84 Å². The molecular weight excluding hydrogens is 398 g/mol. The van der Waals surface area contributed by atoms with Gasteiger partial charge in [-0.25, -0.2) is 4.39 Å². The molecule has 0 saturated heterocycles. The lowest BCUT2D eigenvalue weighted by Gasteiger charge is -2.52. The lowest BCUT2D eigenvalue weighted by Crippen LogP contribution is -2.70. The minimum Gasteiger partial charge on any atom is -0.304 e. The van der Waals surface area contributed by atoms with E-state index in [0.29, 0.717) is 22.2 Å². The van der Waals surface area contributed by atoms with Gasteiger partial charge in [-0.1, -0.05) is 110 Å². The molecule has 0 amide bonds. The van der Waals surface area contributed by atoms with E-state index < -0.39 is 16.5 Å². The van der Waals surface area contributed by atoms with Crippen LogP contribution in [-0.4, -0.2) is 20.9 Å². The summed E-state index contributed by atoms with van der Waals surface area (Å²) in [5.41, 5.74) is 3.57. The highest BCUT2D eigenvalue weighted by atomic mass is 28.4. The van der Waals surface area contributed by atoms with Crippen LogP contribution < -0.4 is 10.4 Å². The van der Waals surface area contributed by atoms with E-state index in [1.807, 2.05) is 0 Å². The molecule has 2 aromatic carbocycles. The second kappa shape index (κ2) is 8.74. The molecule has 0 saturated carbocycles. The number of fused-ring (bicyclic) bond motifs is 1. The minimum atomic E-state index is -2.12. The molecule has 0 radical (unpaired) electrons. The van der Waals surface area contributed by atoms with E-state index >= 15 is 0 Å². The van der Waals surface area contributed by atoms with E-state index in [4.69, 9.17) is 4.84 Å². The first-order valence-electron chi connectivity index (χ1n) is 11.7. The smallest absolute Gasteiger partial charge is 0.186 e. The predicted molar refractivity (Wildman–Crippen MR) is 135 cm³/mol. The molecular formula is C26H41NOSi2. The Morgan fingerprint density at radius 2 is 0.933 bits per heavy atom. The molecule has 1 aliphatic heterocycles. The Kier molecular flexibility index (Phi) is 6.83. The van der Waals surface area contributed by atoms with Crippen LogP contribution in [0.3, 0.4) is 0 Å². The second-order valence-corrected chi connectivity index (χ2v) is 20.5. The molecule has 2 nitrogen and oxygen atoms in total. The van der Waals surface area contributed by atoms with Gasteiger partial charge in [0.05, 0.1) is 6.10 Å². The molecule has 0 N–H and O–H groups in total. The molecule has 0 fully saturated rings. The molecule has 0 bridgehead atoms. The Hall–Kier alpha value is -1.21. The fraction of sp³-hybridized carbons (Fsp3) is 0.538. The molecule has 164 valence electrons. The average Bonchev–Trinajstić information content (AvgIpc) is 2.96. The van der Waals surface area contributed by atoms with Crippen LogP contribution in [0.2, 0.25) is 22.2 Å². The fourth-order valence-corrected chi connectivity index (χ4v) is 23.7. The third-order valence-electron chi connectivity index (χ3n) is 7.52. The zero-order valence-electron chi connectivity index (χ0n) is 20.4. The van der Waals surface area contributed by atoms with Gasteiger partial charge < -0.3 is 4.84 Å². The van der Waals surface area contributed by atoms with Crippen molar-refractivity contribution in [3.63, 3.8) is 0 Å². The van der Waals surface area contributed by atoms with Gasteiger partial charge in [0.1, 0.15) is 0 Å². The van der Waals surface area contributed by atoms with Crippen LogP contribution in [0, 0.1) is 0 Å². The number of hydrogen-bond acceptors (Lipinski definition) is 2. The number of benzene rings is 2. The van der Waals surface area contributed by atoms with E-state index in [1.54, 1.807) is 10.4 Å². The first-order chi connectivity index (χ1) is 14.1. The first kappa shape index (κ1) is 23.5. The Morgan fingerprint density at radius 3 is 1.30 bits per heavy atom. The molecule has 0 aromatic heterocycles. The summed E-state index contributed by atoms with van der Waals surface area (Å²) < 4.78 is 2.74.